The summed E-state index contributed by atoms with van der Waals surface area (Å²) in [7, 11) is 0. The van der Waals surface area contributed by atoms with E-state index >= 15 is 0 Å². The molecule has 0 aromatic carbocycles. The Morgan fingerprint density at radius 3 is 0.729 bits per heavy atom. The van der Waals surface area contributed by atoms with Crippen molar-refractivity contribution in [1.29, 1.82) is 0 Å². The lowest BCUT2D eigenvalue weighted by molar-refractivity contribution is 0.135. The highest BCUT2D eigenvalue weighted by atomic mass is 15.4. The zero-order valence-corrected chi connectivity index (χ0v) is 33.9. The Kier molecular flexibility index (Phi) is 35.5. The van der Waals surface area contributed by atoms with Crippen molar-refractivity contribution >= 4 is 0 Å². The number of hydrogen-bond donors (Lipinski definition) is 0. The van der Waals surface area contributed by atoms with E-state index < -0.39 is 0 Å². The molecule has 0 bridgehead atoms. The maximum absolute atomic E-state index is 2.73. The monoisotopic (exact) mass is 673 g/mol. The third kappa shape index (κ3) is 29.1. The lowest BCUT2D eigenvalue weighted by Crippen LogP contribution is -2.39. The molecule has 0 saturated heterocycles. The fourth-order valence-corrected chi connectivity index (χ4v) is 7.95. The molecule has 1 heterocycles. The van der Waals surface area contributed by atoms with Gasteiger partial charge >= 0.3 is 0 Å². The summed E-state index contributed by atoms with van der Waals surface area (Å²) in [6.07, 6.45) is 60.4. The molecule has 0 aromatic heterocycles. The van der Waals surface area contributed by atoms with E-state index in [0.717, 1.165) is 0 Å². The lowest BCUT2D eigenvalue weighted by Gasteiger charge is -2.33. The van der Waals surface area contributed by atoms with Gasteiger partial charge in [0.1, 0.15) is 6.17 Å². The van der Waals surface area contributed by atoms with Crippen LogP contribution >= 0.6 is 0 Å². The van der Waals surface area contributed by atoms with E-state index in [0.29, 0.717) is 6.17 Å². The molecule has 0 aliphatic carbocycles. The molecule has 1 aliphatic rings. The molecule has 1 unspecified atom stereocenters. The Hall–Kier alpha value is -0.660. The number of unbranched alkanes of at least 4 members (excludes halogenated alkanes) is 34. The first kappa shape index (κ1) is 45.4. The van der Waals surface area contributed by atoms with Crippen LogP contribution < -0.4 is 0 Å². The van der Waals surface area contributed by atoms with E-state index in [2.05, 4.69) is 43.0 Å². The molecule has 0 N–H and O–H groups in total. The van der Waals surface area contributed by atoms with Crippen molar-refractivity contribution in [3.05, 3.63) is 12.4 Å². The SMILES string of the molecule is CCCCCCCCCCCCCCCCCN1C=CN(CCCCCCCCCCCC)C1CCCCCCCCCCCCCC. The van der Waals surface area contributed by atoms with Crippen LogP contribution in [0.3, 0.4) is 0 Å². The van der Waals surface area contributed by atoms with Crippen LogP contribution in [0.5, 0.6) is 0 Å². The molecule has 2 heteroatoms. The van der Waals surface area contributed by atoms with Gasteiger partial charge < -0.3 is 9.80 Å². The van der Waals surface area contributed by atoms with Gasteiger partial charge in [0.2, 0.25) is 0 Å². The summed E-state index contributed by atoms with van der Waals surface area (Å²) >= 11 is 0. The molecule has 286 valence electrons. The fraction of sp³-hybridized carbons (Fsp3) is 0.957. The second-order valence-electron chi connectivity index (χ2n) is 16.1. The van der Waals surface area contributed by atoms with E-state index in [4.69, 9.17) is 0 Å². The molecular formula is C46H92N2. The third-order valence-electron chi connectivity index (χ3n) is 11.3. The summed E-state index contributed by atoms with van der Waals surface area (Å²) in [4.78, 5) is 5.46. The van der Waals surface area contributed by atoms with Gasteiger partial charge in [-0.15, -0.1) is 0 Å². The van der Waals surface area contributed by atoms with Gasteiger partial charge in [0.15, 0.2) is 0 Å². The Morgan fingerprint density at radius 2 is 0.479 bits per heavy atom. The highest BCUT2D eigenvalue weighted by molar-refractivity contribution is 4.97. The van der Waals surface area contributed by atoms with Gasteiger partial charge in [-0.05, 0) is 25.7 Å². The number of rotatable bonds is 40. The smallest absolute Gasteiger partial charge is 0.101 e. The van der Waals surface area contributed by atoms with Gasteiger partial charge in [0.25, 0.3) is 0 Å². The van der Waals surface area contributed by atoms with Crippen LogP contribution in [-0.2, 0) is 0 Å². The van der Waals surface area contributed by atoms with E-state index in [1.807, 2.05) is 0 Å². The second-order valence-corrected chi connectivity index (χ2v) is 16.1. The molecule has 0 saturated carbocycles. The molecule has 0 aromatic rings. The van der Waals surface area contributed by atoms with Crippen molar-refractivity contribution in [3.63, 3.8) is 0 Å². The van der Waals surface area contributed by atoms with Crippen LogP contribution in [0, 0.1) is 0 Å². The average Bonchev–Trinajstić information content (AvgIpc) is 3.48. The van der Waals surface area contributed by atoms with Crippen molar-refractivity contribution in [2.75, 3.05) is 13.1 Å². The van der Waals surface area contributed by atoms with E-state index in [9.17, 15) is 0 Å². The van der Waals surface area contributed by atoms with Gasteiger partial charge in [-0.25, -0.2) is 0 Å². The summed E-state index contributed by atoms with van der Waals surface area (Å²) in [6.45, 7) is 9.49. The zero-order chi connectivity index (χ0) is 34.4. The normalized spacial score (nSPS) is 14.6. The van der Waals surface area contributed by atoms with Crippen molar-refractivity contribution < 1.29 is 0 Å². The molecule has 1 atom stereocenters. The summed E-state index contributed by atoms with van der Waals surface area (Å²) in [5.74, 6) is 0. The first-order valence-corrected chi connectivity index (χ1v) is 23.0. The largest absolute Gasteiger partial charge is 0.356 e. The second kappa shape index (κ2) is 37.6. The first-order chi connectivity index (χ1) is 23.8. The Bertz CT molecular complexity index is 630. The van der Waals surface area contributed by atoms with Crippen molar-refractivity contribution in [2.45, 2.75) is 271 Å². The molecule has 0 radical (unpaired) electrons. The number of nitrogens with zero attached hydrogens (tertiary/aromatic N) is 2. The van der Waals surface area contributed by atoms with Crippen LogP contribution in [0.2, 0.25) is 0 Å². The topological polar surface area (TPSA) is 6.48 Å². The summed E-state index contributed by atoms with van der Waals surface area (Å²) in [6, 6.07) is 0. The Morgan fingerprint density at radius 1 is 0.271 bits per heavy atom. The quantitative estimate of drug-likeness (QED) is 0.0598. The maximum atomic E-state index is 2.73. The molecule has 0 amide bonds. The van der Waals surface area contributed by atoms with Crippen LogP contribution in [0.4, 0.5) is 0 Å². The van der Waals surface area contributed by atoms with Crippen LogP contribution in [0.25, 0.3) is 0 Å². The molecule has 0 fully saturated rings. The highest BCUT2D eigenvalue weighted by Gasteiger charge is 2.24. The van der Waals surface area contributed by atoms with Crippen LogP contribution in [0.15, 0.2) is 12.4 Å². The van der Waals surface area contributed by atoms with Gasteiger partial charge in [0, 0.05) is 25.5 Å². The highest BCUT2D eigenvalue weighted by Crippen LogP contribution is 2.24. The minimum atomic E-state index is 0.637. The molecule has 0 spiro atoms. The Labute approximate surface area is 305 Å². The van der Waals surface area contributed by atoms with Gasteiger partial charge in [-0.2, -0.15) is 0 Å². The first-order valence-electron chi connectivity index (χ1n) is 23.0. The average molecular weight is 673 g/mol. The molecule has 2 nitrogen and oxygen atoms in total. The van der Waals surface area contributed by atoms with E-state index in [-0.39, 0.29) is 0 Å². The van der Waals surface area contributed by atoms with Crippen molar-refractivity contribution in [3.8, 4) is 0 Å². The zero-order valence-electron chi connectivity index (χ0n) is 33.9. The van der Waals surface area contributed by atoms with Crippen LogP contribution in [-0.4, -0.2) is 29.1 Å². The Balaban J connectivity index is 2.20. The predicted octanol–water partition coefficient (Wildman–Crippen LogP) is 16.3. The molecule has 1 aliphatic heterocycles. The lowest BCUT2D eigenvalue weighted by atomic mass is 10.0. The predicted molar refractivity (Wildman–Crippen MR) is 219 cm³/mol. The van der Waals surface area contributed by atoms with Crippen LogP contribution in [0.1, 0.15) is 265 Å². The summed E-state index contributed by atoms with van der Waals surface area (Å²) in [5, 5.41) is 0. The minimum absolute atomic E-state index is 0.637. The minimum Gasteiger partial charge on any atom is -0.356 e. The van der Waals surface area contributed by atoms with Gasteiger partial charge in [-0.3, -0.25) is 0 Å². The third-order valence-corrected chi connectivity index (χ3v) is 11.3. The summed E-state index contributed by atoms with van der Waals surface area (Å²) in [5.41, 5.74) is 0. The molecular weight excluding hydrogens is 581 g/mol. The van der Waals surface area contributed by atoms with Crippen molar-refractivity contribution in [2.24, 2.45) is 0 Å². The van der Waals surface area contributed by atoms with Crippen molar-refractivity contribution in [1.82, 2.24) is 9.80 Å². The van der Waals surface area contributed by atoms with Gasteiger partial charge in [0.05, 0.1) is 0 Å². The molecule has 48 heavy (non-hydrogen) atoms. The number of hydrogen-bond acceptors (Lipinski definition) is 2. The summed E-state index contributed by atoms with van der Waals surface area (Å²) < 4.78 is 0. The molecule has 1 rings (SSSR count). The van der Waals surface area contributed by atoms with E-state index in [1.165, 1.54) is 257 Å². The van der Waals surface area contributed by atoms with E-state index in [1.54, 1.807) is 0 Å². The maximum Gasteiger partial charge on any atom is 0.101 e. The standard InChI is InChI=1S/C46H92N2/c1-4-7-10-13-16-19-22-24-25-26-28-31-34-37-40-43-48-45-44-47(42-39-36-33-30-21-18-15-12-9-6-3)46(48)41-38-35-32-29-27-23-20-17-14-11-8-5-2/h44-46H,4-43H2,1-3H3. The fourth-order valence-electron chi connectivity index (χ4n) is 7.95. The van der Waals surface area contributed by atoms with Gasteiger partial charge in [-0.1, -0.05) is 239 Å².